The second kappa shape index (κ2) is 6.55. The van der Waals surface area contributed by atoms with Crippen LogP contribution in [-0.4, -0.2) is 54.3 Å². The smallest absolute Gasteiger partial charge is 0.179 e. The number of carbonyl (C=O) groups excluding carboxylic acids is 1. The number of hydrogen-bond donors (Lipinski definition) is 0. The van der Waals surface area contributed by atoms with E-state index in [0.717, 1.165) is 26.2 Å². The molecule has 0 spiro atoms. The zero-order valence-corrected chi connectivity index (χ0v) is 13.5. The molecule has 6 heteroatoms. The van der Waals surface area contributed by atoms with Crippen molar-refractivity contribution in [1.82, 2.24) is 9.80 Å². The number of piperazine rings is 1. The molecule has 0 saturated carbocycles. The number of rotatable bonds is 4. The van der Waals surface area contributed by atoms with Gasteiger partial charge in [0.2, 0.25) is 0 Å². The SMILES string of the molecule is CCN1CCN(CC(=O)c2cc(Cl)sc2Cl)CC1C. The van der Waals surface area contributed by atoms with Gasteiger partial charge in [0.1, 0.15) is 4.34 Å². The van der Waals surface area contributed by atoms with Crippen LogP contribution >= 0.6 is 34.5 Å². The van der Waals surface area contributed by atoms with E-state index >= 15 is 0 Å². The first-order valence-corrected chi connectivity index (χ1v) is 8.03. The van der Waals surface area contributed by atoms with E-state index < -0.39 is 0 Å². The summed E-state index contributed by atoms with van der Waals surface area (Å²) in [6.45, 7) is 8.74. The molecule has 1 aromatic rings. The summed E-state index contributed by atoms with van der Waals surface area (Å²) in [4.78, 5) is 16.8. The van der Waals surface area contributed by atoms with E-state index in [2.05, 4.69) is 23.6 Å². The monoisotopic (exact) mass is 320 g/mol. The molecule has 1 aliphatic rings. The van der Waals surface area contributed by atoms with Crippen molar-refractivity contribution in [2.24, 2.45) is 0 Å². The summed E-state index contributed by atoms with van der Waals surface area (Å²) in [5.41, 5.74) is 0.558. The molecule has 1 aromatic heterocycles. The Morgan fingerprint density at radius 3 is 2.74 bits per heavy atom. The standard InChI is InChI=1S/C13H18Cl2N2OS/c1-3-17-5-4-16(7-9(17)2)8-11(18)10-6-12(14)19-13(10)15/h6,9H,3-5,7-8H2,1-2H3. The van der Waals surface area contributed by atoms with Gasteiger partial charge in [-0.15, -0.1) is 11.3 Å². The number of halogens is 2. The predicted octanol–water partition coefficient (Wildman–Crippen LogP) is 3.26. The lowest BCUT2D eigenvalue weighted by Crippen LogP contribution is -2.52. The lowest BCUT2D eigenvalue weighted by molar-refractivity contribution is 0.0723. The lowest BCUT2D eigenvalue weighted by Gasteiger charge is -2.39. The number of Topliss-reactive ketones (excluding diaryl/α,β-unsaturated/α-hetero) is 1. The molecule has 2 heterocycles. The van der Waals surface area contributed by atoms with Crippen molar-refractivity contribution in [3.05, 3.63) is 20.3 Å². The van der Waals surface area contributed by atoms with E-state index in [4.69, 9.17) is 23.2 Å². The fourth-order valence-corrected chi connectivity index (χ4v) is 4.00. The topological polar surface area (TPSA) is 23.6 Å². The summed E-state index contributed by atoms with van der Waals surface area (Å²) in [6, 6.07) is 2.16. The summed E-state index contributed by atoms with van der Waals surface area (Å²) in [5.74, 6) is 0.0605. The summed E-state index contributed by atoms with van der Waals surface area (Å²) in [6.07, 6.45) is 0. The summed E-state index contributed by atoms with van der Waals surface area (Å²) >= 11 is 13.1. The molecular weight excluding hydrogens is 303 g/mol. The number of likely N-dealkylation sites (N-methyl/N-ethyl adjacent to an activating group) is 1. The highest BCUT2D eigenvalue weighted by atomic mass is 35.5. The van der Waals surface area contributed by atoms with Crippen LogP contribution in [-0.2, 0) is 0 Å². The van der Waals surface area contributed by atoms with Gasteiger partial charge in [0, 0.05) is 25.7 Å². The Morgan fingerprint density at radius 2 is 2.21 bits per heavy atom. The lowest BCUT2D eigenvalue weighted by atomic mass is 10.1. The average Bonchev–Trinajstić information content (AvgIpc) is 2.69. The molecule has 0 N–H and O–H groups in total. The third-order valence-corrected chi connectivity index (χ3v) is 5.07. The first kappa shape index (κ1) is 15.3. The number of carbonyl (C=O) groups is 1. The summed E-state index contributed by atoms with van der Waals surface area (Å²) in [7, 11) is 0. The minimum Gasteiger partial charge on any atom is -0.298 e. The Bertz CT molecular complexity index is 463. The van der Waals surface area contributed by atoms with Crippen molar-refractivity contribution in [2.45, 2.75) is 19.9 Å². The highest BCUT2D eigenvalue weighted by molar-refractivity contribution is 7.20. The molecule has 19 heavy (non-hydrogen) atoms. The van der Waals surface area contributed by atoms with Gasteiger partial charge in [-0.3, -0.25) is 14.6 Å². The van der Waals surface area contributed by atoms with Crippen molar-refractivity contribution in [1.29, 1.82) is 0 Å². The zero-order valence-electron chi connectivity index (χ0n) is 11.2. The van der Waals surface area contributed by atoms with Crippen LogP contribution in [0.25, 0.3) is 0 Å². The number of thiophene rings is 1. The predicted molar refractivity (Wildman–Crippen MR) is 81.8 cm³/mol. The number of hydrogen-bond acceptors (Lipinski definition) is 4. The van der Waals surface area contributed by atoms with Gasteiger partial charge in [-0.2, -0.15) is 0 Å². The molecule has 0 radical (unpaired) electrons. The highest BCUT2D eigenvalue weighted by Gasteiger charge is 2.25. The second-order valence-corrected chi connectivity index (χ2v) is 7.16. The van der Waals surface area contributed by atoms with Crippen LogP contribution in [0.1, 0.15) is 24.2 Å². The molecule has 0 aliphatic carbocycles. The minimum absolute atomic E-state index is 0.0605. The maximum Gasteiger partial charge on any atom is 0.179 e. The Kier molecular flexibility index (Phi) is 5.26. The van der Waals surface area contributed by atoms with Crippen molar-refractivity contribution in [2.75, 3.05) is 32.7 Å². The van der Waals surface area contributed by atoms with Gasteiger partial charge in [0.15, 0.2) is 5.78 Å². The van der Waals surface area contributed by atoms with Gasteiger partial charge < -0.3 is 0 Å². The van der Waals surface area contributed by atoms with Crippen molar-refractivity contribution >= 4 is 40.3 Å². The molecule has 1 unspecified atom stereocenters. The van der Waals surface area contributed by atoms with Crippen molar-refractivity contribution < 1.29 is 4.79 Å². The van der Waals surface area contributed by atoms with E-state index in [0.29, 0.717) is 26.8 Å². The Labute approximate surface area is 128 Å². The Hall–Kier alpha value is -0.130. The molecule has 0 bridgehead atoms. The van der Waals surface area contributed by atoms with E-state index in [-0.39, 0.29) is 5.78 Å². The van der Waals surface area contributed by atoms with Gasteiger partial charge in [0.05, 0.1) is 16.4 Å². The number of nitrogens with zero attached hydrogens (tertiary/aromatic N) is 2. The molecule has 1 fully saturated rings. The van der Waals surface area contributed by atoms with Crippen LogP contribution in [0.3, 0.4) is 0 Å². The van der Waals surface area contributed by atoms with Crippen molar-refractivity contribution in [3.63, 3.8) is 0 Å². The summed E-state index contributed by atoms with van der Waals surface area (Å²) in [5, 5.41) is 0. The zero-order chi connectivity index (χ0) is 14.0. The fraction of sp³-hybridized carbons (Fsp3) is 0.615. The quantitative estimate of drug-likeness (QED) is 0.795. The normalized spacial score (nSPS) is 21.8. The third kappa shape index (κ3) is 3.70. The van der Waals surface area contributed by atoms with Gasteiger partial charge in [-0.25, -0.2) is 0 Å². The fourth-order valence-electron chi connectivity index (χ4n) is 2.50. The van der Waals surface area contributed by atoms with Crippen LogP contribution in [0.4, 0.5) is 0 Å². The molecule has 3 nitrogen and oxygen atoms in total. The molecule has 1 atom stereocenters. The van der Waals surface area contributed by atoms with Gasteiger partial charge >= 0.3 is 0 Å². The van der Waals surface area contributed by atoms with Gasteiger partial charge in [0.25, 0.3) is 0 Å². The third-order valence-electron chi connectivity index (χ3n) is 3.58. The van der Waals surface area contributed by atoms with E-state index in [1.807, 2.05) is 0 Å². The summed E-state index contributed by atoms with van der Waals surface area (Å²) < 4.78 is 1.06. The van der Waals surface area contributed by atoms with Gasteiger partial charge in [-0.05, 0) is 19.5 Å². The van der Waals surface area contributed by atoms with E-state index in [1.54, 1.807) is 6.07 Å². The first-order chi connectivity index (χ1) is 9.01. The molecule has 1 aliphatic heterocycles. The van der Waals surface area contributed by atoms with Crippen LogP contribution in [0, 0.1) is 0 Å². The maximum atomic E-state index is 12.2. The van der Waals surface area contributed by atoms with Crippen molar-refractivity contribution in [3.8, 4) is 0 Å². The molecular formula is C13H18Cl2N2OS. The molecule has 2 rings (SSSR count). The minimum atomic E-state index is 0.0605. The Balaban J connectivity index is 1.95. The van der Waals surface area contributed by atoms with Crippen LogP contribution in [0.15, 0.2) is 6.07 Å². The molecule has 0 aromatic carbocycles. The number of ketones is 1. The van der Waals surface area contributed by atoms with E-state index in [1.165, 1.54) is 11.3 Å². The van der Waals surface area contributed by atoms with Gasteiger partial charge in [-0.1, -0.05) is 30.1 Å². The highest BCUT2D eigenvalue weighted by Crippen LogP contribution is 2.31. The molecule has 106 valence electrons. The maximum absolute atomic E-state index is 12.2. The first-order valence-electron chi connectivity index (χ1n) is 6.45. The molecule has 1 saturated heterocycles. The second-order valence-electron chi connectivity index (χ2n) is 4.87. The average molecular weight is 321 g/mol. The molecule has 0 amide bonds. The largest absolute Gasteiger partial charge is 0.298 e. The Morgan fingerprint density at radius 1 is 1.47 bits per heavy atom. The van der Waals surface area contributed by atoms with Crippen LogP contribution in [0.5, 0.6) is 0 Å². The van der Waals surface area contributed by atoms with Crippen LogP contribution < -0.4 is 0 Å². The van der Waals surface area contributed by atoms with Crippen LogP contribution in [0.2, 0.25) is 8.67 Å². The van der Waals surface area contributed by atoms with E-state index in [9.17, 15) is 4.79 Å².